The maximum Gasteiger partial charge on any atom is 0.0702 e. The Balaban J connectivity index is 2.65. The molecule has 1 aromatic rings. The van der Waals surface area contributed by atoms with Gasteiger partial charge in [-0.3, -0.25) is 4.99 Å². The van der Waals surface area contributed by atoms with Crippen molar-refractivity contribution in [1.29, 1.82) is 0 Å². The number of halogens is 1. The second-order valence-electron chi connectivity index (χ2n) is 3.37. The third kappa shape index (κ3) is 4.22. The van der Waals surface area contributed by atoms with E-state index in [0.29, 0.717) is 6.54 Å². The summed E-state index contributed by atoms with van der Waals surface area (Å²) in [7, 11) is 0. The summed E-state index contributed by atoms with van der Waals surface area (Å²) in [6.45, 7) is 4.77. The average Bonchev–Trinajstić information content (AvgIpc) is 2.23. The lowest BCUT2D eigenvalue weighted by Gasteiger charge is -1.99. The summed E-state index contributed by atoms with van der Waals surface area (Å²) in [5.41, 5.74) is 2.34. The van der Waals surface area contributed by atoms with E-state index in [0.717, 1.165) is 21.3 Å². The van der Waals surface area contributed by atoms with Gasteiger partial charge in [-0.15, -0.1) is 0 Å². The van der Waals surface area contributed by atoms with E-state index in [2.05, 4.69) is 53.0 Å². The van der Waals surface area contributed by atoms with E-state index >= 15 is 0 Å². The Hall–Kier alpha value is -0.540. The molecule has 0 unspecified atom stereocenters. The molecule has 0 radical (unpaired) electrons. The average molecular weight is 284 g/mol. The third-order valence-electron chi connectivity index (χ3n) is 2.10. The molecule has 15 heavy (non-hydrogen) atoms. The Morgan fingerprint density at radius 1 is 1.53 bits per heavy atom. The lowest BCUT2D eigenvalue weighted by Crippen LogP contribution is -1.97. The number of rotatable bonds is 4. The van der Waals surface area contributed by atoms with Crippen molar-refractivity contribution in [3.8, 4) is 0 Å². The normalized spacial score (nSPS) is 10.9. The van der Waals surface area contributed by atoms with Gasteiger partial charge in [-0.1, -0.05) is 47.2 Å². The molecule has 1 aromatic carbocycles. The van der Waals surface area contributed by atoms with Crippen LogP contribution in [-0.2, 0) is 0 Å². The van der Waals surface area contributed by atoms with Crippen molar-refractivity contribution >= 4 is 39.2 Å². The minimum Gasteiger partial charge on any atom is -0.287 e. The number of hydrogen-bond acceptors (Lipinski definition) is 2. The summed E-state index contributed by atoms with van der Waals surface area (Å²) >= 11 is 8.59. The summed E-state index contributed by atoms with van der Waals surface area (Å²) in [5.74, 6) is 0. The van der Waals surface area contributed by atoms with Crippen LogP contribution in [0.4, 0.5) is 0 Å². The Bertz CT molecular complexity index is 385. The second-order valence-corrected chi connectivity index (χ2v) is 4.80. The van der Waals surface area contributed by atoms with Crippen LogP contribution >= 0.6 is 28.1 Å². The fraction of sp³-hybridized carbons (Fsp3) is 0.333. The first kappa shape index (κ1) is 12.5. The molecule has 0 aliphatic heterocycles. The van der Waals surface area contributed by atoms with Gasteiger partial charge in [0.05, 0.1) is 6.54 Å². The van der Waals surface area contributed by atoms with E-state index in [1.54, 1.807) is 0 Å². The molecule has 0 aliphatic carbocycles. The first-order chi connectivity index (χ1) is 7.13. The van der Waals surface area contributed by atoms with Crippen LogP contribution in [-0.4, -0.2) is 17.6 Å². The van der Waals surface area contributed by atoms with Gasteiger partial charge in [0.15, 0.2) is 0 Å². The fourth-order valence-electron chi connectivity index (χ4n) is 1.05. The SMILES string of the molecule is CCC(=S)CN=Cc1ccc(C)c(Br)c1. The molecule has 80 valence electrons. The van der Waals surface area contributed by atoms with E-state index < -0.39 is 0 Å². The van der Waals surface area contributed by atoms with Crippen LogP contribution in [0, 0.1) is 6.92 Å². The number of aryl methyl sites for hydroxylation is 1. The second kappa shape index (κ2) is 6.13. The third-order valence-corrected chi connectivity index (χ3v) is 3.37. The van der Waals surface area contributed by atoms with Crippen molar-refractivity contribution < 1.29 is 0 Å². The van der Waals surface area contributed by atoms with Gasteiger partial charge in [0.2, 0.25) is 0 Å². The molecule has 0 saturated carbocycles. The quantitative estimate of drug-likeness (QED) is 0.602. The molecule has 0 spiro atoms. The predicted molar refractivity (Wildman–Crippen MR) is 74.2 cm³/mol. The van der Waals surface area contributed by atoms with E-state index in [4.69, 9.17) is 12.2 Å². The molecule has 0 amide bonds. The lowest BCUT2D eigenvalue weighted by molar-refractivity contribution is 1.22. The van der Waals surface area contributed by atoms with Crippen LogP contribution in [0.15, 0.2) is 27.7 Å². The van der Waals surface area contributed by atoms with Crippen molar-refractivity contribution in [2.45, 2.75) is 20.3 Å². The Morgan fingerprint density at radius 3 is 2.87 bits per heavy atom. The fourth-order valence-corrected chi connectivity index (χ4v) is 1.53. The molecule has 0 N–H and O–H groups in total. The molecule has 1 nitrogen and oxygen atoms in total. The van der Waals surface area contributed by atoms with Crippen molar-refractivity contribution in [3.63, 3.8) is 0 Å². The topological polar surface area (TPSA) is 12.4 Å². The van der Waals surface area contributed by atoms with Crippen LogP contribution in [0.5, 0.6) is 0 Å². The number of thiocarbonyl (C=S) groups is 1. The summed E-state index contributed by atoms with van der Waals surface area (Å²) in [5, 5.41) is 0. The van der Waals surface area contributed by atoms with E-state index in [9.17, 15) is 0 Å². The minimum absolute atomic E-state index is 0.650. The van der Waals surface area contributed by atoms with Crippen LogP contribution in [0.1, 0.15) is 24.5 Å². The van der Waals surface area contributed by atoms with Gasteiger partial charge < -0.3 is 0 Å². The van der Waals surface area contributed by atoms with Crippen LogP contribution in [0.25, 0.3) is 0 Å². The van der Waals surface area contributed by atoms with Crippen LogP contribution in [0.3, 0.4) is 0 Å². The molecule has 0 saturated heterocycles. The number of hydrogen-bond donors (Lipinski definition) is 0. The van der Waals surface area contributed by atoms with Crippen molar-refractivity contribution in [2.75, 3.05) is 6.54 Å². The summed E-state index contributed by atoms with van der Waals surface area (Å²) in [4.78, 5) is 5.29. The molecule has 0 heterocycles. The maximum absolute atomic E-state index is 5.09. The van der Waals surface area contributed by atoms with Gasteiger partial charge in [-0.25, -0.2) is 0 Å². The molecular formula is C12H14BrNS. The summed E-state index contributed by atoms with van der Waals surface area (Å²) in [6, 6.07) is 6.19. The van der Waals surface area contributed by atoms with E-state index in [-0.39, 0.29) is 0 Å². The standard InChI is InChI=1S/C12H14BrNS/c1-3-11(15)8-14-7-10-5-4-9(2)12(13)6-10/h4-7H,3,8H2,1-2H3. The summed E-state index contributed by atoms with van der Waals surface area (Å²) in [6.07, 6.45) is 2.79. The molecule has 0 fully saturated rings. The van der Waals surface area contributed by atoms with Crippen molar-refractivity contribution in [3.05, 3.63) is 33.8 Å². The first-order valence-corrected chi connectivity index (χ1v) is 6.11. The highest BCUT2D eigenvalue weighted by Crippen LogP contribution is 2.16. The highest BCUT2D eigenvalue weighted by Gasteiger charge is 1.95. The van der Waals surface area contributed by atoms with Crippen LogP contribution < -0.4 is 0 Å². The highest BCUT2D eigenvalue weighted by atomic mass is 79.9. The summed E-state index contributed by atoms with van der Waals surface area (Å²) < 4.78 is 1.12. The van der Waals surface area contributed by atoms with Crippen molar-refractivity contribution in [1.82, 2.24) is 0 Å². The van der Waals surface area contributed by atoms with Crippen molar-refractivity contribution in [2.24, 2.45) is 4.99 Å². The monoisotopic (exact) mass is 283 g/mol. The van der Waals surface area contributed by atoms with Gasteiger partial charge >= 0.3 is 0 Å². The zero-order chi connectivity index (χ0) is 11.3. The molecule has 0 bridgehead atoms. The smallest absolute Gasteiger partial charge is 0.0702 e. The lowest BCUT2D eigenvalue weighted by atomic mass is 10.2. The zero-order valence-electron chi connectivity index (χ0n) is 8.96. The van der Waals surface area contributed by atoms with Gasteiger partial charge in [-0.2, -0.15) is 0 Å². The highest BCUT2D eigenvalue weighted by molar-refractivity contribution is 9.10. The molecular weight excluding hydrogens is 270 g/mol. The van der Waals surface area contributed by atoms with Gasteiger partial charge in [-0.05, 0) is 30.5 Å². The Morgan fingerprint density at radius 2 is 2.27 bits per heavy atom. The Kier molecular flexibility index (Phi) is 5.12. The number of aliphatic imine (C=N–C) groups is 1. The van der Waals surface area contributed by atoms with Gasteiger partial charge in [0, 0.05) is 15.6 Å². The largest absolute Gasteiger partial charge is 0.287 e. The molecule has 0 atom stereocenters. The van der Waals surface area contributed by atoms with Gasteiger partial charge in [0.25, 0.3) is 0 Å². The molecule has 0 aliphatic rings. The van der Waals surface area contributed by atoms with Crippen LogP contribution in [0.2, 0.25) is 0 Å². The minimum atomic E-state index is 0.650. The Labute approximate surface area is 105 Å². The first-order valence-electron chi connectivity index (χ1n) is 4.91. The maximum atomic E-state index is 5.09. The zero-order valence-corrected chi connectivity index (χ0v) is 11.4. The van der Waals surface area contributed by atoms with E-state index in [1.807, 2.05) is 6.21 Å². The molecule has 3 heteroatoms. The van der Waals surface area contributed by atoms with Gasteiger partial charge in [0.1, 0.15) is 0 Å². The number of nitrogens with zero attached hydrogens (tertiary/aromatic N) is 1. The van der Waals surface area contributed by atoms with E-state index in [1.165, 1.54) is 5.56 Å². The molecule has 0 aromatic heterocycles. The molecule has 1 rings (SSSR count). The predicted octanol–water partition coefficient (Wildman–Crippen LogP) is 3.96. The number of benzene rings is 1.